The number of nitrogens with one attached hydrogen (secondary N) is 1. The summed E-state index contributed by atoms with van der Waals surface area (Å²) in [6.07, 6.45) is 0. The minimum atomic E-state index is 0.219. The maximum absolute atomic E-state index is 6.05. The van der Waals surface area contributed by atoms with Crippen molar-refractivity contribution >= 4 is 0 Å². The van der Waals surface area contributed by atoms with Crippen LogP contribution in [-0.4, -0.2) is 13.2 Å². The van der Waals surface area contributed by atoms with Gasteiger partial charge in [-0.15, -0.1) is 0 Å². The zero-order valence-corrected chi connectivity index (χ0v) is 13.4. The van der Waals surface area contributed by atoms with Crippen LogP contribution >= 0.6 is 0 Å². The monoisotopic (exact) mass is 283 g/mol. The molecule has 0 heterocycles. The van der Waals surface area contributed by atoms with Crippen molar-refractivity contribution < 1.29 is 4.74 Å². The van der Waals surface area contributed by atoms with Gasteiger partial charge in [0.05, 0.1) is 6.04 Å². The highest BCUT2D eigenvalue weighted by Gasteiger charge is 2.13. The maximum Gasteiger partial charge on any atom is 0.122 e. The second-order valence-electron chi connectivity index (χ2n) is 5.55. The van der Waals surface area contributed by atoms with Crippen LogP contribution < -0.4 is 10.1 Å². The zero-order chi connectivity index (χ0) is 15.2. The highest BCUT2D eigenvalue weighted by Crippen LogP contribution is 2.22. The van der Waals surface area contributed by atoms with Crippen molar-refractivity contribution in [3.8, 4) is 5.75 Å². The van der Waals surface area contributed by atoms with Crippen molar-refractivity contribution in [2.45, 2.75) is 33.7 Å². The molecule has 2 heteroatoms. The maximum atomic E-state index is 6.05. The van der Waals surface area contributed by atoms with Gasteiger partial charge >= 0.3 is 0 Å². The number of aryl methyl sites for hydroxylation is 3. The lowest BCUT2D eigenvalue weighted by atomic mass is 10.0. The first-order chi connectivity index (χ1) is 10.1. The average molecular weight is 283 g/mol. The van der Waals surface area contributed by atoms with Gasteiger partial charge in [-0.3, -0.25) is 0 Å². The Labute approximate surface area is 128 Å². The molecule has 0 aliphatic heterocycles. The standard InChI is InChI=1S/C19H25NO/c1-5-20-18(17-9-7-6-8-15(17)3)13-21-19-11-10-14(2)12-16(19)4/h6-12,18,20H,5,13H2,1-4H3. The van der Waals surface area contributed by atoms with E-state index in [1.54, 1.807) is 0 Å². The first-order valence-corrected chi connectivity index (χ1v) is 7.60. The lowest BCUT2D eigenvalue weighted by Crippen LogP contribution is -2.27. The summed E-state index contributed by atoms with van der Waals surface area (Å²) in [7, 11) is 0. The van der Waals surface area contributed by atoms with Crippen LogP contribution in [0.4, 0.5) is 0 Å². The summed E-state index contributed by atoms with van der Waals surface area (Å²) in [5.74, 6) is 0.970. The van der Waals surface area contributed by atoms with Crippen LogP contribution in [0, 0.1) is 20.8 Å². The molecule has 2 rings (SSSR count). The van der Waals surface area contributed by atoms with Gasteiger partial charge in [0.1, 0.15) is 12.4 Å². The molecule has 0 fully saturated rings. The van der Waals surface area contributed by atoms with E-state index in [0.717, 1.165) is 12.3 Å². The van der Waals surface area contributed by atoms with Crippen molar-refractivity contribution in [3.63, 3.8) is 0 Å². The number of hydrogen-bond acceptors (Lipinski definition) is 2. The molecule has 0 aliphatic carbocycles. The summed E-state index contributed by atoms with van der Waals surface area (Å²) in [5, 5.41) is 3.52. The molecule has 2 nitrogen and oxygen atoms in total. The predicted octanol–water partition coefficient (Wildman–Crippen LogP) is 4.34. The second kappa shape index (κ2) is 7.28. The number of hydrogen-bond donors (Lipinski definition) is 1. The number of ether oxygens (including phenoxy) is 1. The van der Waals surface area contributed by atoms with Gasteiger partial charge in [-0.2, -0.15) is 0 Å². The second-order valence-corrected chi connectivity index (χ2v) is 5.55. The van der Waals surface area contributed by atoms with Gasteiger partial charge in [0, 0.05) is 0 Å². The topological polar surface area (TPSA) is 21.3 Å². The highest BCUT2D eigenvalue weighted by molar-refractivity contribution is 5.36. The third-order valence-corrected chi connectivity index (χ3v) is 3.75. The molecule has 0 saturated heterocycles. The van der Waals surface area contributed by atoms with Crippen molar-refractivity contribution in [3.05, 3.63) is 64.7 Å². The smallest absolute Gasteiger partial charge is 0.122 e. The van der Waals surface area contributed by atoms with Crippen molar-refractivity contribution in [2.24, 2.45) is 0 Å². The van der Waals surface area contributed by atoms with Gasteiger partial charge in [-0.1, -0.05) is 48.9 Å². The third-order valence-electron chi connectivity index (χ3n) is 3.75. The Morgan fingerprint density at radius 1 is 1.00 bits per heavy atom. The molecule has 2 aromatic rings. The molecule has 0 spiro atoms. The van der Waals surface area contributed by atoms with Gasteiger partial charge in [0.15, 0.2) is 0 Å². The molecule has 0 aromatic heterocycles. The number of rotatable bonds is 6. The summed E-state index contributed by atoms with van der Waals surface area (Å²) in [5.41, 5.74) is 5.06. The van der Waals surface area contributed by atoms with E-state index in [0.29, 0.717) is 6.61 Å². The van der Waals surface area contributed by atoms with E-state index < -0.39 is 0 Å². The first-order valence-electron chi connectivity index (χ1n) is 7.60. The number of likely N-dealkylation sites (N-methyl/N-ethyl adjacent to an activating group) is 1. The first kappa shape index (κ1) is 15.6. The summed E-state index contributed by atoms with van der Waals surface area (Å²) in [6, 6.07) is 15.0. The molecular formula is C19H25NO. The van der Waals surface area contributed by atoms with Crippen LogP contribution in [0.5, 0.6) is 5.75 Å². The van der Waals surface area contributed by atoms with Crippen LogP contribution in [0.25, 0.3) is 0 Å². The fourth-order valence-electron chi connectivity index (χ4n) is 2.62. The predicted molar refractivity (Wildman–Crippen MR) is 89.0 cm³/mol. The molecule has 112 valence electrons. The van der Waals surface area contributed by atoms with E-state index in [9.17, 15) is 0 Å². The Morgan fingerprint density at radius 3 is 2.43 bits per heavy atom. The largest absolute Gasteiger partial charge is 0.491 e. The van der Waals surface area contributed by atoms with E-state index in [1.165, 1.54) is 22.3 Å². The highest BCUT2D eigenvalue weighted by atomic mass is 16.5. The van der Waals surface area contributed by atoms with Crippen molar-refractivity contribution in [1.82, 2.24) is 5.32 Å². The van der Waals surface area contributed by atoms with Crippen LogP contribution in [0.3, 0.4) is 0 Å². The molecule has 21 heavy (non-hydrogen) atoms. The van der Waals surface area contributed by atoms with Crippen LogP contribution in [-0.2, 0) is 0 Å². The lowest BCUT2D eigenvalue weighted by Gasteiger charge is -2.21. The Hall–Kier alpha value is -1.80. The van der Waals surface area contributed by atoms with E-state index in [1.807, 2.05) is 0 Å². The number of benzene rings is 2. The quantitative estimate of drug-likeness (QED) is 0.851. The molecule has 0 aliphatic rings. The van der Waals surface area contributed by atoms with Crippen LogP contribution in [0.2, 0.25) is 0 Å². The van der Waals surface area contributed by atoms with E-state index in [2.05, 4.69) is 75.5 Å². The van der Waals surface area contributed by atoms with Gasteiger partial charge in [0.2, 0.25) is 0 Å². The van der Waals surface area contributed by atoms with E-state index >= 15 is 0 Å². The minimum Gasteiger partial charge on any atom is -0.491 e. The van der Waals surface area contributed by atoms with Gasteiger partial charge in [-0.05, 0) is 50.1 Å². The van der Waals surface area contributed by atoms with Crippen LogP contribution in [0.15, 0.2) is 42.5 Å². The van der Waals surface area contributed by atoms with Crippen LogP contribution in [0.1, 0.15) is 35.2 Å². The van der Waals surface area contributed by atoms with Crippen molar-refractivity contribution in [2.75, 3.05) is 13.2 Å². The fraction of sp³-hybridized carbons (Fsp3) is 0.368. The van der Waals surface area contributed by atoms with Gasteiger partial charge in [-0.25, -0.2) is 0 Å². The zero-order valence-electron chi connectivity index (χ0n) is 13.4. The average Bonchev–Trinajstić information content (AvgIpc) is 2.46. The normalized spacial score (nSPS) is 12.2. The lowest BCUT2D eigenvalue weighted by molar-refractivity contribution is 0.266. The summed E-state index contributed by atoms with van der Waals surface area (Å²) in [6.45, 7) is 10.0. The summed E-state index contributed by atoms with van der Waals surface area (Å²) in [4.78, 5) is 0. The molecule has 0 bridgehead atoms. The molecule has 2 aromatic carbocycles. The van der Waals surface area contributed by atoms with E-state index in [-0.39, 0.29) is 6.04 Å². The van der Waals surface area contributed by atoms with Gasteiger partial charge in [0.25, 0.3) is 0 Å². The van der Waals surface area contributed by atoms with Gasteiger partial charge < -0.3 is 10.1 Å². The summed E-state index contributed by atoms with van der Waals surface area (Å²) >= 11 is 0. The SMILES string of the molecule is CCNC(COc1ccc(C)cc1C)c1ccccc1C. The van der Waals surface area contributed by atoms with E-state index in [4.69, 9.17) is 4.74 Å². The molecule has 0 saturated carbocycles. The summed E-state index contributed by atoms with van der Waals surface area (Å²) < 4.78 is 6.05. The Bertz CT molecular complexity index is 592. The molecule has 1 atom stereocenters. The molecule has 1 unspecified atom stereocenters. The molecular weight excluding hydrogens is 258 g/mol. The van der Waals surface area contributed by atoms with Crippen molar-refractivity contribution in [1.29, 1.82) is 0 Å². The minimum absolute atomic E-state index is 0.219. The fourth-order valence-corrected chi connectivity index (χ4v) is 2.62. The molecule has 0 amide bonds. The Kier molecular flexibility index (Phi) is 5.40. The Balaban J connectivity index is 2.12. The molecule has 1 N–H and O–H groups in total. The molecule has 0 radical (unpaired) electrons. The Morgan fingerprint density at radius 2 is 1.76 bits per heavy atom. The third kappa shape index (κ3) is 4.08.